The molecule has 1 atom stereocenters. The van der Waals surface area contributed by atoms with Gasteiger partial charge < -0.3 is 5.32 Å². The second-order valence-electron chi connectivity index (χ2n) is 8.04. The van der Waals surface area contributed by atoms with Crippen LogP contribution in [0, 0.1) is 0 Å². The number of benzene rings is 2. The predicted molar refractivity (Wildman–Crippen MR) is 136 cm³/mol. The molecule has 0 radical (unpaired) electrons. The summed E-state index contributed by atoms with van der Waals surface area (Å²) in [5.74, 6) is 0.931. The Bertz CT molecular complexity index is 1610. The molecule has 3 aromatic heterocycles. The summed E-state index contributed by atoms with van der Waals surface area (Å²) in [6, 6.07) is 22.9. The van der Waals surface area contributed by atoms with Crippen LogP contribution in [0.15, 0.2) is 96.3 Å². The highest BCUT2D eigenvalue weighted by molar-refractivity contribution is 7.89. The van der Waals surface area contributed by atoms with E-state index in [1.165, 1.54) is 18.5 Å². The zero-order valence-corrected chi connectivity index (χ0v) is 19.6. The Hall–Kier alpha value is -4.21. The highest BCUT2D eigenvalue weighted by Gasteiger charge is 2.18. The van der Waals surface area contributed by atoms with E-state index in [0.717, 1.165) is 22.2 Å². The lowest BCUT2D eigenvalue weighted by molar-refractivity contribution is 0.597. The summed E-state index contributed by atoms with van der Waals surface area (Å²) in [6.45, 7) is 2.00. The maximum absolute atomic E-state index is 11.9. The van der Waals surface area contributed by atoms with Gasteiger partial charge in [-0.1, -0.05) is 48.5 Å². The lowest BCUT2D eigenvalue weighted by Crippen LogP contribution is -2.13. The smallest absolute Gasteiger partial charge is 0.239 e. The Morgan fingerprint density at radius 1 is 0.886 bits per heavy atom. The summed E-state index contributed by atoms with van der Waals surface area (Å²) in [7, 11) is -3.93. The van der Waals surface area contributed by atoms with Gasteiger partial charge in [-0.15, -0.1) is 0 Å². The number of sulfonamides is 1. The van der Waals surface area contributed by atoms with Crippen LogP contribution >= 0.6 is 0 Å². The number of aromatic nitrogens is 4. The van der Waals surface area contributed by atoms with Crippen LogP contribution in [-0.2, 0) is 10.0 Å². The van der Waals surface area contributed by atoms with E-state index in [9.17, 15) is 8.42 Å². The van der Waals surface area contributed by atoms with E-state index >= 15 is 0 Å². The number of primary sulfonamides is 1. The van der Waals surface area contributed by atoms with Gasteiger partial charge in [-0.25, -0.2) is 23.5 Å². The minimum atomic E-state index is -3.93. The van der Waals surface area contributed by atoms with Crippen molar-refractivity contribution in [3.63, 3.8) is 0 Å². The molecule has 1 unspecified atom stereocenters. The number of nitrogens with one attached hydrogen (secondary N) is 1. The van der Waals surface area contributed by atoms with Crippen LogP contribution in [0.3, 0.4) is 0 Å². The van der Waals surface area contributed by atoms with Crippen molar-refractivity contribution in [3.05, 3.63) is 97.1 Å². The SMILES string of the molecule is CC(Nc1nc(-c2cncc(S(N)(=O)=O)c2)nc2cccc(-c3ccccc3)c12)c1ccccn1. The quantitative estimate of drug-likeness (QED) is 0.363. The van der Waals surface area contributed by atoms with Gasteiger partial charge in [0, 0.05) is 24.2 Å². The number of anilines is 1. The molecular weight excluding hydrogens is 460 g/mol. The highest BCUT2D eigenvalue weighted by atomic mass is 32.2. The fraction of sp³-hybridized carbons (Fsp3) is 0.0769. The molecule has 9 heteroatoms. The lowest BCUT2D eigenvalue weighted by atomic mass is 10.0. The van der Waals surface area contributed by atoms with E-state index in [1.807, 2.05) is 73.7 Å². The molecule has 0 spiro atoms. The van der Waals surface area contributed by atoms with E-state index in [0.29, 0.717) is 22.7 Å². The number of nitrogens with zero attached hydrogens (tertiary/aromatic N) is 4. The minimum absolute atomic E-state index is 0.104. The number of hydrogen-bond acceptors (Lipinski definition) is 7. The first-order valence-electron chi connectivity index (χ1n) is 10.9. The molecule has 5 aromatic rings. The van der Waals surface area contributed by atoms with E-state index in [-0.39, 0.29) is 10.9 Å². The van der Waals surface area contributed by atoms with Crippen molar-refractivity contribution in [3.8, 4) is 22.5 Å². The summed E-state index contributed by atoms with van der Waals surface area (Å²) < 4.78 is 23.8. The molecule has 174 valence electrons. The zero-order chi connectivity index (χ0) is 24.4. The Morgan fingerprint density at radius 3 is 2.43 bits per heavy atom. The number of pyridine rings is 2. The van der Waals surface area contributed by atoms with Crippen LogP contribution in [0.25, 0.3) is 33.4 Å². The van der Waals surface area contributed by atoms with Gasteiger partial charge in [0.2, 0.25) is 10.0 Å². The molecular formula is C26H22N6O2S. The average Bonchev–Trinajstić information content (AvgIpc) is 2.89. The standard InChI is InChI=1S/C26H22N6O2S/c1-17(22-11-5-6-13-29-22)30-26-24-21(18-8-3-2-4-9-18)10-7-12-23(24)31-25(32-26)19-14-20(16-28-15-19)35(27,33)34/h2-17H,1H3,(H2,27,33,34)(H,30,31,32). The molecule has 0 amide bonds. The molecule has 0 bridgehead atoms. The maximum atomic E-state index is 11.9. The maximum Gasteiger partial charge on any atom is 0.239 e. The van der Waals surface area contributed by atoms with Crippen molar-refractivity contribution in [1.82, 2.24) is 19.9 Å². The molecule has 0 aliphatic rings. The lowest BCUT2D eigenvalue weighted by Gasteiger charge is -2.18. The molecule has 0 aliphatic carbocycles. The van der Waals surface area contributed by atoms with Gasteiger partial charge in [0.05, 0.1) is 22.6 Å². The predicted octanol–water partition coefficient (Wildman–Crippen LogP) is 4.57. The van der Waals surface area contributed by atoms with Gasteiger partial charge >= 0.3 is 0 Å². The fourth-order valence-electron chi connectivity index (χ4n) is 3.88. The summed E-state index contributed by atoms with van der Waals surface area (Å²) in [6.07, 6.45) is 4.47. The van der Waals surface area contributed by atoms with Gasteiger partial charge in [0.25, 0.3) is 0 Å². The van der Waals surface area contributed by atoms with Gasteiger partial charge in [0.15, 0.2) is 5.82 Å². The average molecular weight is 483 g/mol. The van der Waals surface area contributed by atoms with Crippen molar-refractivity contribution in [2.45, 2.75) is 17.9 Å². The second-order valence-corrected chi connectivity index (χ2v) is 9.60. The van der Waals surface area contributed by atoms with Gasteiger partial charge in [0.1, 0.15) is 10.7 Å². The third-order valence-corrected chi connectivity index (χ3v) is 6.47. The van der Waals surface area contributed by atoms with Crippen LogP contribution in [0.2, 0.25) is 0 Å². The molecule has 5 rings (SSSR count). The largest absolute Gasteiger partial charge is 0.361 e. The molecule has 8 nitrogen and oxygen atoms in total. The summed E-state index contributed by atoms with van der Waals surface area (Å²) in [5.41, 5.74) is 4.00. The van der Waals surface area contributed by atoms with Crippen molar-refractivity contribution < 1.29 is 8.42 Å². The normalized spacial score (nSPS) is 12.4. The molecule has 0 saturated carbocycles. The van der Waals surface area contributed by atoms with E-state index in [1.54, 1.807) is 6.20 Å². The monoisotopic (exact) mass is 482 g/mol. The van der Waals surface area contributed by atoms with E-state index < -0.39 is 10.0 Å². The van der Waals surface area contributed by atoms with Gasteiger partial charge in [-0.2, -0.15) is 0 Å². The van der Waals surface area contributed by atoms with Gasteiger partial charge in [-0.3, -0.25) is 9.97 Å². The van der Waals surface area contributed by atoms with Gasteiger partial charge in [-0.05, 0) is 42.3 Å². The highest BCUT2D eigenvalue weighted by Crippen LogP contribution is 2.35. The molecule has 2 aromatic carbocycles. The van der Waals surface area contributed by atoms with Crippen molar-refractivity contribution in [2.24, 2.45) is 5.14 Å². The Morgan fingerprint density at radius 2 is 1.69 bits per heavy atom. The molecule has 3 N–H and O–H groups in total. The van der Waals surface area contributed by atoms with Crippen molar-refractivity contribution in [1.29, 1.82) is 0 Å². The first-order valence-corrected chi connectivity index (χ1v) is 12.5. The summed E-state index contributed by atoms with van der Waals surface area (Å²) in [5, 5.41) is 9.65. The third-order valence-electron chi connectivity index (χ3n) is 5.59. The topological polar surface area (TPSA) is 124 Å². The Labute approximate surface area is 203 Å². The second kappa shape index (κ2) is 9.21. The van der Waals surface area contributed by atoms with Crippen molar-refractivity contribution in [2.75, 3.05) is 5.32 Å². The number of hydrogen-bond donors (Lipinski definition) is 2. The first kappa shape index (κ1) is 22.6. The molecule has 3 heterocycles. The summed E-state index contributed by atoms with van der Waals surface area (Å²) >= 11 is 0. The van der Waals surface area contributed by atoms with E-state index in [2.05, 4.69) is 15.3 Å². The fourth-order valence-corrected chi connectivity index (χ4v) is 4.38. The Balaban J connectivity index is 1.72. The number of fused-ring (bicyclic) bond motifs is 1. The Kier molecular flexibility index (Phi) is 5.94. The summed E-state index contributed by atoms with van der Waals surface area (Å²) in [4.78, 5) is 18.0. The first-order chi connectivity index (χ1) is 16.9. The molecule has 35 heavy (non-hydrogen) atoms. The number of rotatable bonds is 6. The minimum Gasteiger partial charge on any atom is -0.361 e. The molecule has 0 aliphatic heterocycles. The third kappa shape index (κ3) is 4.72. The van der Waals surface area contributed by atoms with Crippen molar-refractivity contribution >= 4 is 26.7 Å². The zero-order valence-electron chi connectivity index (χ0n) is 18.8. The van der Waals surface area contributed by atoms with Crippen LogP contribution < -0.4 is 10.5 Å². The van der Waals surface area contributed by atoms with Crippen LogP contribution in [0.1, 0.15) is 18.7 Å². The van der Waals surface area contributed by atoms with Crippen LogP contribution in [-0.4, -0.2) is 28.4 Å². The molecule has 0 fully saturated rings. The number of nitrogens with two attached hydrogens (primary N) is 1. The van der Waals surface area contributed by atoms with E-state index in [4.69, 9.17) is 15.1 Å². The van der Waals surface area contributed by atoms with Crippen LogP contribution in [0.5, 0.6) is 0 Å². The van der Waals surface area contributed by atoms with Crippen LogP contribution in [0.4, 0.5) is 5.82 Å². The molecule has 0 saturated heterocycles.